The lowest BCUT2D eigenvalue weighted by molar-refractivity contribution is -0.385. The molecule has 1 aromatic carbocycles. The van der Waals surface area contributed by atoms with Gasteiger partial charge in [0.25, 0.3) is 5.56 Å². The predicted molar refractivity (Wildman–Crippen MR) is 116 cm³/mol. The third-order valence-electron chi connectivity index (χ3n) is 4.46. The number of methoxy groups -OCH3 is 1. The van der Waals surface area contributed by atoms with Crippen LogP contribution in [0.3, 0.4) is 0 Å². The first-order valence-electron chi connectivity index (χ1n) is 8.86. The monoisotopic (exact) mass is 449 g/mol. The minimum Gasteiger partial charge on any atom is -0.496 e. The molecule has 2 heterocycles. The largest absolute Gasteiger partial charge is 0.496 e. The van der Waals surface area contributed by atoms with Gasteiger partial charge >= 0.3 is 11.7 Å². The summed E-state index contributed by atoms with van der Waals surface area (Å²) in [6.45, 7) is 5.44. The maximum atomic E-state index is 12.4. The van der Waals surface area contributed by atoms with Crippen LogP contribution in [-0.4, -0.2) is 33.2 Å². The molecule has 0 saturated carbocycles. The summed E-state index contributed by atoms with van der Waals surface area (Å²) in [5.41, 5.74) is 0.349. The molecule has 158 valence electrons. The molecule has 2 aromatic heterocycles. The van der Waals surface area contributed by atoms with E-state index in [2.05, 4.69) is 9.97 Å². The van der Waals surface area contributed by atoms with Crippen LogP contribution in [0.2, 0.25) is 0 Å². The normalized spacial score (nSPS) is 12.0. The highest BCUT2D eigenvalue weighted by atomic mass is 32.2. The molecule has 0 saturated heterocycles. The van der Waals surface area contributed by atoms with Crippen LogP contribution in [0.25, 0.3) is 10.2 Å². The molecule has 0 fully saturated rings. The standard InChI is InChI=1S/C19H19N3O6S2/c1-9-10(2)30-18-16(9)17(23)20-15(21-18)8-29-11(3)19(24)28-14-6-5-12(27-4)7-13(14)22(25)26/h5-7,11H,8H2,1-4H3,(H,20,21,23). The number of aromatic amines is 1. The number of carbonyl (C=O) groups is 1. The van der Waals surface area contributed by atoms with Gasteiger partial charge in [-0.1, -0.05) is 0 Å². The minimum atomic E-state index is -0.641. The van der Waals surface area contributed by atoms with Crippen molar-refractivity contribution in [1.82, 2.24) is 9.97 Å². The summed E-state index contributed by atoms with van der Waals surface area (Å²) >= 11 is 2.66. The molecule has 0 aliphatic carbocycles. The second kappa shape index (κ2) is 8.84. The van der Waals surface area contributed by atoms with E-state index in [-0.39, 0.29) is 28.5 Å². The number of hydrogen-bond acceptors (Lipinski definition) is 9. The van der Waals surface area contributed by atoms with Gasteiger partial charge in [-0.2, -0.15) is 0 Å². The number of nitrogens with one attached hydrogen (secondary N) is 1. The molecule has 0 aliphatic rings. The number of ether oxygens (including phenoxy) is 2. The number of nitro groups is 1. The number of nitro benzene ring substituents is 1. The van der Waals surface area contributed by atoms with Crippen molar-refractivity contribution in [2.75, 3.05) is 7.11 Å². The first kappa shape index (κ1) is 21.8. The molecule has 0 radical (unpaired) electrons. The van der Waals surface area contributed by atoms with Crippen LogP contribution < -0.4 is 15.0 Å². The number of aromatic nitrogens is 2. The van der Waals surface area contributed by atoms with Crippen LogP contribution in [0.4, 0.5) is 5.69 Å². The maximum Gasteiger partial charge on any atom is 0.324 e. The Hall–Kier alpha value is -2.92. The predicted octanol–water partition coefficient (Wildman–Crippen LogP) is 3.75. The average Bonchev–Trinajstić information content (AvgIpc) is 3.00. The second-order valence-electron chi connectivity index (χ2n) is 6.44. The van der Waals surface area contributed by atoms with Gasteiger partial charge in [0.05, 0.1) is 29.2 Å². The van der Waals surface area contributed by atoms with Gasteiger partial charge in [-0.3, -0.25) is 19.7 Å². The minimum absolute atomic E-state index is 0.157. The molecule has 0 aliphatic heterocycles. The average molecular weight is 450 g/mol. The summed E-state index contributed by atoms with van der Waals surface area (Å²) in [6, 6.07) is 3.98. The first-order valence-corrected chi connectivity index (χ1v) is 10.7. The SMILES string of the molecule is COc1ccc(OC(=O)C(C)SCc2nc3sc(C)c(C)c3c(=O)[nH]2)c([N+](=O)[O-])c1. The summed E-state index contributed by atoms with van der Waals surface area (Å²) in [4.78, 5) is 44.3. The molecule has 3 rings (SSSR count). The van der Waals surface area contributed by atoms with Crippen LogP contribution in [0.5, 0.6) is 11.5 Å². The number of fused-ring (bicyclic) bond motifs is 1. The van der Waals surface area contributed by atoms with Crippen molar-refractivity contribution < 1.29 is 19.2 Å². The number of rotatable bonds is 7. The number of aryl methyl sites for hydroxylation is 2. The van der Waals surface area contributed by atoms with Crippen molar-refractivity contribution in [2.24, 2.45) is 0 Å². The summed E-state index contributed by atoms with van der Waals surface area (Å²) in [6.07, 6.45) is 0. The smallest absolute Gasteiger partial charge is 0.324 e. The number of thioether (sulfide) groups is 1. The lowest BCUT2D eigenvalue weighted by Gasteiger charge is -2.11. The maximum absolute atomic E-state index is 12.4. The first-order chi connectivity index (χ1) is 14.2. The van der Waals surface area contributed by atoms with Crippen molar-refractivity contribution in [3.63, 3.8) is 0 Å². The highest BCUT2D eigenvalue weighted by Crippen LogP contribution is 2.32. The molecule has 30 heavy (non-hydrogen) atoms. The van der Waals surface area contributed by atoms with E-state index in [1.165, 1.54) is 48.4 Å². The van der Waals surface area contributed by atoms with Crippen molar-refractivity contribution in [2.45, 2.75) is 31.8 Å². The highest BCUT2D eigenvalue weighted by Gasteiger charge is 2.23. The number of nitrogens with zero attached hydrogens (tertiary/aromatic N) is 2. The van der Waals surface area contributed by atoms with E-state index in [0.29, 0.717) is 16.0 Å². The molecular formula is C19H19N3O6S2. The molecule has 0 bridgehead atoms. The van der Waals surface area contributed by atoms with E-state index in [9.17, 15) is 19.7 Å². The summed E-state index contributed by atoms with van der Waals surface area (Å²) in [7, 11) is 1.39. The molecule has 11 heteroatoms. The Morgan fingerprint density at radius 3 is 2.80 bits per heavy atom. The van der Waals surface area contributed by atoms with Crippen LogP contribution >= 0.6 is 23.1 Å². The number of thiophene rings is 1. The van der Waals surface area contributed by atoms with Gasteiger partial charge in [0.15, 0.2) is 0 Å². The fourth-order valence-electron chi connectivity index (χ4n) is 2.68. The zero-order chi connectivity index (χ0) is 22.0. The highest BCUT2D eigenvalue weighted by molar-refractivity contribution is 7.99. The van der Waals surface area contributed by atoms with Crippen molar-refractivity contribution >= 4 is 45.0 Å². The Labute approximate surface area is 179 Å². The third-order valence-corrected chi connectivity index (χ3v) is 6.70. The van der Waals surface area contributed by atoms with E-state index in [1.54, 1.807) is 6.92 Å². The number of carbonyl (C=O) groups excluding carboxylic acids is 1. The Kier molecular flexibility index (Phi) is 6.42. The second-order valence-corrected chi connectivity index (χ2v) is 8.97. The topological polar surface area (TPSA) is 124 Å². The fraction of sp³-hybridized carbons (Fsp3) is 0.316. The number of hydrogen-bond donors (Lipinski definition) is 1. The van der Waals surface area contributed by atoms with Gasteiger partial charge in [-0.05, 0) is 38.5 Å². The zero-order valence-corrected chi connectivity index (χ0v) is 18.3. The number of H-pyrrole nitrogens is 1. The molecule has 1 N–H and O–H groups in total. The fourth-order valence-corrected chi connectivity index (χ4v) is 4.46. The van der Waals surface area contributed by atoms with Gasteiger partial charge in [0, 0.05) is 4.88 Å². The van der Waals surface area contributed by atoms with E-state index in [0.717, 1.165) is 10.4 Å². The molecular weight excluding hydrogens is 430 g/mol. The quantitative estimate of drug-likeness (QED) is 0.250. The van der Waals surface area contributed by atoms with Crippen molar-refractivity contribution in [3.05, 3.63) is 54.9 Å². The van der Waals surface area contributed by atoms with Crippen LogP contribution in [0.15, 0.2) is 23.0 Å². The number of benzene rings is 1. The Bertz CT molecular complexity index is 1190. The van der Waals surface area contributed by atoms with Gasteiger partial charge < -0.3 is 14.5 Å². The number of esters is 1. The summed E-state index contributed by atoms with van der Waals surface area (Å²) in [5.74, 6) is 0.222. The molecule has 1 atom stereocenters. The molecule has 3 aromatic rings. The Morgan fingerprint density at radius 1 is 1.40 bits per heavy atom. The molecule has 0 amide bonds. The summed E-state index contributed by atoms with van der Waals surface area (Å²) < 4.78 is 10.2. The summed E-state index contributed by atoms with van der Waals surface area (Å²) in [5, 5.41) is 11.2. The lowest BCUT2D eigenvalue weighted by Crippen LogP contribution is -2.21. The lowest BCUT2D eigenvalue weighted by atomic mass is 10.2. The van der Waals surface area contributed by atoms with E-state index in [4.69, 9.17) is 9.47 Å². The van der Waals surface area contributed by atoms with E-state index in [1.807, 2.05) is 13.8 Å². The third kappa shape index (κ3) is 4.46. The van der Waals surface area contributed by atoms with E-state index < -0.39 is 16.1 Å². The van der Waals surface area contributed by atoms with Crippen LogP contribution in [0, 0.1) is 24.0 Å². The molecule has 9 nitrogen and oxygen atoms in total. The molecule has 1 unspecified atom stereocenters. The van der Waals surface area contributed by atoms with Gasteiger partial charge in [0.1, 0.15) is 21.7 Å². The van der Waals surface area contributed by atoms with Crippen LogP contribution in [0.1, 0.15) is 23.2 Å². The van der Waals surface area contributed by atoms with Gasteiger partial charge in [0.2, 0.25) is 5.75 Å². The van der Waals surface area contributed by atoms with E-state index >= 15 is 0 Å². The Balaban J connectivity index is 1.70. The van der Waals surface area contributed by atoms with Crippen molar-refractivity contribution in [1.29, 1.82) is 0 Å². The molecule has 0 spiro atoms. The van der Waals surface area contributed by atoms with Crippen LogP contribution in [-0.2, 0) is 10.5 Å². The Morgan fingerprint density at radius 2 is 2.13 bits per heavy atom. The van der Waals surface area contributed by atoms with Gasteiger partial charge in [-0.15, -0.1) is 23.1 Å². The van der Waals surface area contributed by atoms with Gasteiger partial charge in [-0.25, -0.2) is 4.98 Å². The van der Waals surface area contributed by atoms with Crippen molar-refractivity contribution in [3.8, 4) is 11.5 Å². The zero-order valence-electron chi connectivity index (χ0n) is 16.7.